The molecule has 0 aliphatic rings. The summed E-state index contributed by atoms with van der Waals surface area (Å²) in [7, 11) is 1.73. The van der Waals surface area contributed by atoms with Crippen molar-refractivity contribution in [1.29, 1.82) is 0 Å². The molecular weight excluding hydrogens is 220 g/mol. The molecule has 0 fully saturated rings. The monoisotopic (exact) mass is 242 g/mol. The van der Waals surface area contributed by atoms with Crippen LogP contribution in [0.15, 0.2) is 5.51 Å². The fraction of sp³-hybridized carbons (Fsp3) is 0.750. The zero-order valence-corrected chi connectivity index (χ0v) is 11.3. The van der Waals surface area contributed by atoms with Gasteiger partial charge in [0.15, 0.2) is 0 Å². The number of aromatic nitrogens is 1. The second kappa shape index (κ2) is 7.76. The van der Waals surface area contributed by atoms with Crippen LogP contribution >= 0.6 is 11.3 Å². The number of ether oxygens (including phenoxy) is 1. The van der Waals surface area contributed by atoms with Crippen LogP contribution in [-0.2, 0) is 11.2 Å². The van der Waals surface area contributed by atoms with Crippen molar-refractivity contribution < 1.29 is 4.74 Å². The summed E-state index contributed by atoms with van der Waals surface area (Å²) in [6.07, 6.45) is 2.38. The Hall–Kier alpha value is -0.450. The van der Waals surface area contributed by atoms with E-state index in [9.17, 15) is 0 Å². The van der Waals surface area contributed by atoms with E-state index in [0.29, 0.717) is 5.92 Å². The maximum absolute atomic E-state index is 4.99. The quantitative estimate of drug-likeness (QED) is 0.710. The number of aryl methyl sites for hydroxylation is 2. The van der Waals surface area contributed by atoms with Crippen molar-refractivity contribution in [2.24, 2.45) is 5.92 Å². The molecule has 0 amide bonds. The van der Waals surface area contributed by atoms with Gasteiger partial charge in [-0.1, -0.05) is 6.92 Å². The molecule has 1 N–H and O–H groups in total. The molecule has 0 aliphatic heterocycles. The van der Waals surface area contributed by atoms with E-state index in [1.54, 1.807) is 18.4 Å². The van der Waals surface area contributed by atoms with E-state index in [4.69, 9.17) is 4.74 Å². The van der Waals surface area contributed by atoms with Gasteiger partial charge in [-0.05, 0) is 32.2 Å². The molecule has 3 nitrogen and oxygen atoms in total. The van der Waals surface area contributed by atoms with Gasteiger partial charge in [0.2, 0.25) is 0 Å². The number of hydrogen-bond donors (Lipinski definition) is 1. The molecule has 1 atom stereocenters. The average Bonchev–Trinajstić information content (AvgIpc) is 2.67. The van der Waals surface area contributed by atoms with Crippen molar-refractivity contribution in [3.63, 3.8) is 0 Å². The van der Waals surface area contributed by atoms with Crippen LogP contribution in [0.5, 0.6) is 0 Å². The minimum Gasteiger partial charge on any atom is -0.383 e. The fourth-order valence-corrected chi connectivity index (χ4v) is 2.37. The second-order valence-corrected chi connectivity index (χ2v) is 5.14. The highest BCUT2D eigenvalue weighted by atomic mass is 32.1. The van der Waals surface area contributed by atoms with Gasteiger partial charge in [0.1, 0.15) is 0 Å². The van der Waals surface area contributed by atoms with Crippen LogP contribution in [0.1, 0.15) is 23.9 Å². The van der Waals surface area contributed by atoms with Gasteiger partial charge >= 0.3 is 0 Å². The Bertz CT molecular complexity index is 288. The molecule has 4 heteroatoms. The van der Waals surface area contributed by atoms with Crippen LogP contribution in [0.3, 0.4) is 0 Å². The summed E-state index contributed by atoms with van der Waals surface area (Å²) in [5.41, 5.74) is 3.14. The SMILES string of the molecule is COCCNCC(C)CCc1scnc1C. The maximum atomic E-state index is 4.99. The molecular formula is C12H22N2OS. The normalized spacial score (nSPS) is 12.9. The summed E-state index contributed by atoms with van der Waals surface area (Å²) in [5.74, 6) is 0.707. The Labute approximate surface area is 102 Å². The lowest BCUT2D eigenvalue weighted by Crippen LogP contribution is -2.25. The van der Waals surface area contributed by atoms with E-state index in [-0.39, 0.29) is 0 Å². The molecule has 0 aromatic carbocycles. The summed E-state index contributed by atoms with van der Waals surface area (Å²) in [5, 5.41) is 3.39. The van der Waals surface area contributed by atoms with Gasteiger partial charge < -0.3 is 10.1 Å². The van der Waals surface area contributed by atoms with E-state index in [0.717, 1.165) is 26.1 Å². The van der Waals surface area contributed by atoms with Crippen molar-refractivity contribution >= 4 is 11.3 Å². The minimum atomic E-state index is 0.707. The summed E-state index contributed by atoms with van der Waals surface area (Å²) < 4.78 is 4.99. The van der Waals surface area contributed by atoms with Gasteiger partial charge in [0, 0.05) is 18.5 Å². The molecule has 1 rings (SSSR count). The lowest BCUT2D eigenvalue weighted by molar-refractivity contribution is 0.198. The van der Waals surface area contributed by atoms with Gasteiger partial charge in [0.05, 0.1) is 17.8 Å². The third kappa shape index (κ3) is 5.05. The van der Waals surface area contributed by atoms with E-state index in [1.807, 2.05) is 5.51 Å². The Morgan fingerprint density at radius 1 is 1.56 bits per heavy atom. The number of hydrogen-bond acceptors (Lipinski definition) is 4. The van der Waals surface area contributed by atoms with Crippen LogP contribution in [0.2, 0.25) is 0 Å². The Morgan fingerprint density at radius 2 is 2.38 bits per heavy atom. The van der Waals surface area contributed by atoms with E-state index < -0.39 is 0 Å². The van der Waals surface area contributed by atoms with Gasteiger partial charge in [-0.15, -0.1) is 11.3 Å². The molecule has 0 saturated heterocycles. The molecule has 16 heavy (non-hydrogen) atoms. The first-order chi connectivity index (χ1) is 7.74. The second-order valence-electron chi connectivity index (χ2n) is 4.20. The largest absolute Gasteiger partial charge is 0.383 e. The van der Waals surface area contributed by atoms with E-state index >= 15 is 0 Å². The number of thiazole rings is 1. The van der Waals surface area contributed by atoms with Crippen molar-refractivity contribution in [2.75, 3.05) is 26.8 Å². The van der Waals surface area contributed by atoms with Gasteiger partial charge in [0.25, 0.3) is 0 Å². The van der Waals surface area contributed by atoms with Gasteiger partial charge in [-0.3, -0.25) is 0 Å². The summed E-state index contributed by atoms with van der Waals surface area (Å²) in [6, 6.07) is 0. The smallest absolute Gasteiger partial charge is 0.0797 e. The van der Waals surface area contributed by atoms with Gasteiger partial charge in [-0.2, -0.15) is 0 Å². The highest BCUT2D eigenvalue weighted by Crippen LogP contribution is 2.16. The van der Waals surface area contributed by atoms with Crippen LogP contribution in [0.4, 0.5) is 0 Å². The molecule has 1 unspecified atom stereocenters. The molecule has 0 spiro atoms. The van der Waals surface area contributed by atoms with Crippen LogP contribution in [0, 0.1) is 12.8 Å². The minimum absolute atomic E-state index is 0.707. The first-order valence-corrected chi connectivity index (χ1v) is 6.70. The average molecular weight is 242 g/mol. The summed E-state index contributed by atoms with van der Waals surface area (Å²) >= 11 is 1.77. The van der Waals surface area contributed by atoms with Crippen molar-refractivity contribution in [1.82, 2.24) is 10.3 Å². The zero-order valence-electron chi connectivity index (χ0n) is 10.5. The first-order valence-electron chi connectivity index (χ1n) is 5.82. The molecule has 0 bridgehead atoms. The Morgan fingerprint density at radius 3 is 3.00 bits per heavy atom. The third-order valence-electron chi connectivity index (χ3n) is 2.68. The third-order valence-corrected chi connectivity index (χ3v) is 3.68. The van der Waals surface area contributed by atoms with Crippen LogP contribution in [-0.4, -0.2) is 31.8 Å². The predicted octanol–water partition coefficient (Wildman–Crippen LogP) is 2.26. The number of rotatable bonds is 8. The lowest BCUT2D eigenvalue weighted by Gasteiger charge is -2.11. The molecule has 1 heterocycles. The molecule has 0 radical (unpaired) electrons. The highest BCUT2D eigenvalue weighted by Gasteiger charge is 2.05. The summed E-state index contributed by atoms with van der Waals surface area (Å²) in [4.78, 5) is 5.70. The van der Waals surface area contributed by atoms with Crippen molar-refractivity contribution in [3.8, 4) is 0 Å². The molecule has 0 saturated carbocycles. The van der Waals surface area contributed by atoms with Crippen LogP contribution in [0.25, 0.3) is 0 Å². The number of methoxy groups -OCH3 is 1. The predicted molar refractivity (Wildman–Crippen MR) is 69.1 cm³/mol. The number of nitrogens with one attached hydrogen (secondary N) is 1. The molecule has 1 aromatic heterocycles. The topological polar surface area (TPSA) is 34.1 Å². The molecule has 0 aliphatic carbocycles. The Kier molecular flexibility index (Phi) is 6.61. The zero-order chi connectivity index (χ0) is 11.8. The number of nitrogens with zero attached hydrogens (tertiary/aromatic N) is 1. The van der Waals surface area contributed by atoms with Crippen molar-refractivity contribution in [3.05, 3.63) is 16.1 Å². The Balaban J connectivity index is 2.10. The lowest BCUT2D eigenvalue weighted by atomic mass is 10.0. The fourth-order valence-electron chi connectivity index (χ4n) is 1.57. The molecule has 92 valence electrons. The molecule has 1 aromatic rings. The first kappa shape index (κ1) is 13.6. The van der Waals surface area contributed by atoms with E-state index in [1.165, 1.54) is 17.0 Å². The van der Waals surface area contributed by atoms with Crippen molar-refractivity contribution in [2.45, 2.75) is 26.7 Å². The van der Waals surface area contributed by atoms with Crippen LogP contribution < -0.4 is 5.32 Å². The maximum Gasteiger partial charge on any atom is 0.0797 e. The van der Waals surface area contributed by atoms with Gasteiger partial charge in [-0.25, -0.2) is 4.98 Å². The highest BCUT2D eigenvalue weighted by molar-refractivity contribution is 7.09. The summed E-state index contributed by atoms with van der Waals surface area (Å²) in [6.45, 7) is 7.19. The standard InChI is InChI=1S/C12H22N2OS/c1-10(8-13-6-7-15-3)4-5-12-11(2)14-9-16-12/h9-10,13H,4-8H2,1-3H3. The van der Waals surface area contributed by atoms with E-state index in [2.05, 4.69) is 24.1 Å².